The summed E-state index contributed by atoms with van der Waals surface area (Å²) >= 11 is 13.5. The number of pyridine rings is 1. The second kappa shape index (κ2) is 8.78. The van der Waals surface area contributed by atoms with Crippen LogP contribution in [-0.2, 0) is 5.54 Å². The number of rotatable bonds is 5. The maximum absolute atomic E-state index is 12.7. The molecule has 0 bridgehead atoms. The first-order valence-corrected chi connectivity index (χ1v) is 11.0. The van der Waals surface area contributed by atoms with Crippen molar-refractivity contribution in [2.24, 2.45) is 10.7 Å². The molecule has 1 aliphatic rings. The van der Waals surface area contributed by atoms with E-state index in [0.29, 0.717) is 21.6 Å². The van der Waals surface area contributed by atoms with Crippen LogP contribution in [0.15, 0.2) is 65.8 Å². The summed E-state index contributed by atoms with van der Waals surface area (Å²) in [7, 11) is 1.62. The SMILES string of the molecule is COc1cccc(C2(c3cccc(NC(=O)c4ncc(Cl)cc4Cl)c3)CSC(N)=N2)c1. The highest BCUT2D eigenvalue weighted by Gasteiger charge is 2.39. The van der Waals surface area contributed by atoms with Gasteiger partial charge in [-0.2, -0.15) is 0 Å². The molecule has 1 unspecified atom stereocenters. The van der Waals surface area contributed by atoms with E-state index in [1.54, 1.807) is 13.2 Å². The molecular formula is C22H18Cl2N4O2S. The van der Waals surface area contributed by atoms with Crippen LogP contribution in [0.25, 0.3) is 0 Å². The van der Waals surface area contributed by atoms with E-state index in [0.717, 1.165) is 16.9 Å². The second-order valence-electron chi connectivity index (χ2n) is 6.85. The molecule has 6 nitrogen and oxygen atoms in total. The Morgan fingerprint density at radius 1 is 1.16 bits per heavy atom. The number of nitrogens with one attached hydrogen (secondary N) is 1. The van der Waals surface area contributed by atoms with E-state index in [1.165, 1.54) is 24.0 Å². The Hall–Kier alpha value is -2.74. The van der Waals surface area contributed by atoms with Crippen LogP contribution in [0.4, 0.5) is 5.69 Å². The second-order valence-corrected chi connectivity index (χ2v) is 8.69. The molecule has 2 aromatic carbocycles. The van der Waals surface area contributed by atoms with Gasteiger partial charge >= 0.3 is 0 Å². The van der Waals surface area contributed by atoms with Crippen molar-refractivity contribution < 1.29 is 9.53 Å². The number of amidine groups is 1. The standard InChI is InChI=1S/C22H18Cl2N4O2S/c1-30-17-7-3-5-14(9-17)22(12-31-21(25)28-22)13-4-2-6-16(8-13)27-20(29)19-18(24)10-15(23)11-26-19/h2-11H,12H2,1H3,(H2,25,28)(H,27,29). The van der Waals surface area contributed by atoms with Crippen LogP contribution < -0.4 is 15.8 Å². The van der Waals surface area contributed by atoms with Gasteiger partial charge in [-0.1, -0.05) is 59.2 Å². The minimum Gasteiger partial charge on any atom is -0.497 e. The zero-order valence-corrected chi connectivity index (χ0v) is 18.8. The third-order valence-electron chi connectivity index (χ3n) is 4.90. The normalized spacial score (nSPS) is 17.8. The average Bonchev–Trinajstić information content (AvgIpc) is 3.17. The molecule has 2 heterocycles. The van der Waals surface area contributed by atoms with Crippen molar-refractivity contribution in [2.45, 2.75) is 5.54 Å². The molecule has 1 aliphatic heterocycles. The third-order valence-corrected chi connectivity index (χ3v) is 6.34. The fourth-order valence-electron chi connectivity index (χ4n) is 3.40. The summed E-state index contributed by atoms with van der Waals surface area (Å²) < 4.78 is 5.39. The van der Waals surface area contributed by atoms with Gasteiger partial charge in [0, 0.05) is 17.6 Å². The summed E-state index contributed by atoms with van der Waals surface area (Å²) in [5.41, 5.74) is 7.88. The Kier molecular flexibility index (Phi) is 6.09. The van der Waals surface area contributed by atoms with Crippen LogP contribution in [0.5, 0.6) is 5.75 Å². The number of hydrogen-bond donors (Lipinski definition) is 2. The lowest BCUT2D eigenvalue weighted by Gasteiger charge is -2.27. The minimum atomic E-state index is -0.694. The smallest absolute Gasteiger partial charge is 0.275 e. The predicted octanol–water partition coefficient (Wildman–Crippen LogP) is 4.95. The monoisotopic (exact) mass is 472 g/mol. The Morgan fingerprint density at radius 2 is 1.90 bits per heavy atom. The summed E-state index contributed by atoms with van der Waals surface area (Å²) in [5, 5.41) is 3.89. The highest BCUT2D eigenvalue weighted by Crippen LogP contribution is 2.43. The largest absolute Gasteiger partial charge is 0.497 e. The summed E-state index contributed by atoms with van der Waals surface area (Å²) in [4.78, 5) is 21.5. The molecule has 4 rings (SSSR count). The molecule has 0 fully saturated rings. The summed E-state index contributed by atoms with van der Waals surface area (Å²) in [6.45, 7) is 0. The van der Waals surface area contributed by atoms with Gasteiger partial charge in [-0.3, -0.25) is 4.79 Å². The molecule has 0 saturated carbocycles. The highest BCUT2D eigenvalue weighted by atomic mass is 35.5. The van der Waals surface area contributed by atoms with Crippen LogP contribution in [0, 0.1) is 0 Å². The molecule has 0 saturated heterocycles. The van der Waals surface area contributed by atoms with Gasteiger partial charge < -0.3 is 15.8 Å². The lowest BCUT2D eigenvalue weighted by Crippen LogP contribution is -2.26. The number of methoxy groups -OCH3 is 1. The van der Waals surface area contributed by atoms with E-state index in [2.05, 4.69) is 10.3 Å². The van der Waals surface area contributed by atoms with E-state index in [4.69, 9.17) is 38.7 Å². The molecule has 31 heavy (non-hydrogen) atoms. The molecule has 0 aliphatic carbocycles. The van der Waals surface area contributed by atoms with Gasteiger partial charge in [-0.05, 0) is 41.5 Å². The molecule has 1 amide bonds. The fourth-order valence-corrected chi connectivity index (χ4v) is 4.84. The van der Waals surface area contributed by atoms with Gasteiger partial charge in [0.2, 0.25) is 0 Å². The van der Waals surface area contributed by atoms with Crippen molar-refractivity contribution in [3.05, 3.63) is 87.7 Å². The number of benzene rings is 2. The number of carbonyl (C=O) groups excluding carboxylic acids is 1. The molecule has 0 spiro atoms. The van der Waals surface area contributed by atoms with Crippen molar-refractivity contribution in [2.75, 3.05) is 18.2 Å². The molecular weight excluding hydrogens is 455 g/mol. The quantitative estimate of drug-likeness (QED) is 0.547. The number of ether oxygens (including phenoxy) is 1. The number of aliphatic imine (C=N–C) groups is 1. The van der Waals surface area contributed by atoms with Gasteiger partial charge in [0.15, 0.2) is 5.17 Å². The van der Waals surface area contributed by atoms with Crippen LogP contribution in [0.3, 0.4) is 0 Å². The first-order valence-electron chi connectivity index (χ1n) is 9.27. The summed E-state index contributed by atoms with van der Waals surface area (Å²) in [6, 6.07) is 16.7. The first-order chi connectivity index (χ1) is 14.9. The number of nitrogens with two attached hydrogens (primary N) is 1. The summed E-state index contributed by atoms with van der Waals surface area (Å²) in [6.07, 6.45) is 1.38. The topological polar surface area (TPSA) is 89.6 Å². The first kappa shape index (κ1) is 21.5. The maximum Gasteiger partial charge on any atom is 0.275 e. The van der Waals surface area contributed by atoms with Gasteiger partial charge in [0.25, 0.3) is 5.91 Å². The van der Waals surface area contributed by atoms with Crippen LogP contribution in [0.2, 0.25) is 10.0 Å². The van der Waals surface area contributed by atoms with E-state index in [9.17, 15) is 4.79 Å². The summed E-state index contributed by atoms with van der Waals surface area (Å²) in [5.74, 6) is 0.932. The number of hydrogen-bond acceptors (Lipinski definition) is 6. The number of nitrogens with zero attached hydrogens (tertiary/aromatic N) is 2. The Bertz CT molecular complexity index is 1190. The van der Waals surface area contributed by atoms with Gasteiger partial charge in [-0.15, -0.1) is 0 Å². The fraction of sp³-hybridized carbons (Fsp3) is 0.136. The third kappa shape index (κ3) is 4.35. The number of amides is 1. The molecule has 1 atom stereocenters. The van der Waals surface area contributed by atoms with E-state index >= 15 is 0 Å². The van der Waals surface area contributed by atoms with Crippen molar-refractivity contribution in [3.63, 3.8) is 0 Å². The lowest BCUT2D eigenvalue weighted by molar-refractivity contribution is 0.102. The van der Waals surface area contributed by atoms with E-state index in [1.807, 2.05) is 42.5 Å². The molecule has 0 radical (unpaired) electrons. The van der Waals surface area contributed by atoms with Crippen LogP contribution in [-0.4, -0.2) is 28.9 Å². The number of thioether (sulfide) groups is 1. The molecule has 9 heteroatoms. The van der Waals surface area contributed by atoms with Gasteiger partial charge in [-0.25, -0.2) is 9.98 Å². The number of halogens is 2. The van der Waals surface area contributed by atoms with E-state index in [-0.39, 0.29) is 10.7 Å². The maximum atomic E-state index is 12.7. The average molecular weight is 473 g/mol. The van der Waals surface area contributed by atoms with Crippen molar-refractivity contribution in [1.29, 1.82) is 0 Å². The predicted molar refractivity (Wildman–Crippen MR) is 127 cm³/mol. The molecule has 1 aromatic heterocycles. The molecule has 3 aromatic rings. The van der Waals surface area contributed by atoms with Gasteiger partial charge in [0.05, 0.1) is 17.2 Å². The molecule has 3 N–H and O–H groups in total. The zero-order valence-electron chi connectivity index (χ0n) is 16.4. The number of aromatic nitrogens is 1. The molecule has 158 valence electrons. The minimum absolute atomic E-state index is 0.0951. The van der Waals surface area contributed by atoms with Crippen molar-refractivity contribution in [1.82, 2.24) is 4.98 Å². The lowest BCUT2D eigenvalue weighted by atomic mass is 9.84. The number of anilines is 1. The highest BCUT2D eigenvalue weighted by molar-refractivity contribution is 8.14. The Morgan fingerprint density at radius 3 is 2.58 bits per heavy atom. The number of carbonyl (C=O) groups is 1. The van der Waals surface area contributed by atoms with Crippen molar-refractivity contribution >= 4 is 51.7 Å². The zero-order chi connectivity index (χ0) is 22.0. The van der Waals surface area contributed by atoms with Crippen LogP contribution in [0.1, 0.15) is 21.6 Å². The van der Waals surface area contributed by atoms with Crippen LogP contribution >= 0.6 is 35.0 Å². The van der Waals surface area contributed by atoms with E-state index < -0.39 is 11.4 Å². The van der Waals surface area contributed by atoms with Crippen molar-refractivity contribution in [3.8, 4) is 5.75 Å². The Balaban J connectivity index is 1.70. The Labute approximate surface area is 193 Å². The van der Waals surface area contributed by atoms with Gasteiger partial charge in [0.1, 0.15) is 17.0 Å².